The van der Waals surface area contributed by atoms with E-state index >= 15 is 0 Å². The van der Waals surface area contributed by atoms with Gasteiger partial charge in [0.05, 0.1) is 57.2 Å². The van der Waals surface area contributed by atoms with Crippen LogP contribution in [0.15, 0.2) is 172 Å². The third-order valence-electron chi connectivity index (χ3n) is 27.2. The van der Waals surface area contributed by atoms with Crippen molar-refractivity contribution in [2.75, 3.05) is 131 Å². The van der Waals surface area contributed by atoms with Crippen LogP contribution in [0.5, 0.6) is 0 Å². The van der Waals surface area contributed by atoms with E-state index < -0.39 is 5.82 Å². The second-order valence-corrected chi connectivity index (χ2v) is 34.7. The molecule has 26 heteroatoms. The van der Waals surface area contributed by atoms with Crippen molar-refractivity contribution in [2.45, 2.75) is 122 Å². The Morgan fingerprint density at radius 1 is 0.461 bits per heavy atom. The smallest absolute Gasteiger partial charge is 0.230 e. The van der Waals surface area contributed by atoms with E-state index in [9.17, 15) is 23.6 Å². The molecule has 9 aliphatic rings. The summed E-state index contributed by atoms with van der Waals surface area (Å²) in [7, 11) is 0. The molecule has 4 fully saturated rings. The van der Waals surface area contributed by atoms with Crippen LogP contribution in [0.1, 0.15) is 137 Å². The van der Waals surface area contributed by atoms with Crippen LogP contribution in [0.4, 0.5) is 27.1 Å². The Bertz CT molecular complexity index is 5950. The van der Waals surface area contributed by atoms with Crippen molar-refractivity contribution in [1.29, 1.82) is 0 Å². The zero-order valence-corrected chi connectivity index (χ0v) is 73.3. The quantitative estimate of drug-likeness (QED) is 0.0691. The molecule has 0 saturated carbocycles. The number of hydrogen-bond acceptors (Lipinski definition) is 15. The van der Waals surface area contributed by atoms with Gasteiger partial charge in [0.2, 0.25) is 29.3 Å². The molecule has 7 aromatic carbocycles. The Hall–Kier alpha value is -13.3. The molecule has 3 atom stereocenters. The number of hydrogen-bond donors (Lipinski definition) is 0. The fourth-order valence-corrected chi connectivity index (χ4v) is 19.5. The van der Waals surface area contributed by atoms with Gasteiger partial charge in [-0.1, -0.05) is 127 Å². The number of nitrogens with zero attached hydrogens (tertiary/aromatic N) is 19. The van der Waals surface area contributed by atoms with Crippen LogP contribution in [-0.4, -0.2) is 228 Å². The molecule has 128 heavy (non-hydrogen) atoms. The third-order valence-corrected chi connectivity index (χ3v) is 27.2. The van der Waals surface area contributed by atoms with Crippen LogP contribution < -0.4 is 0 Å². The van der Waals surface area contributed by atoms with E-state index in [4.69, 9.17) is 35.8 Å². The van der Waals surface area contributed by atoms with Crippen molar-refractivity contribution < 1.29 is 33.0 Å². The van der Waals surface area contributed by atoms with E-state index in [2.05, 4.69) is 132 Å². The van der Waals surface area contributed by atoms with Gasteiger partial charge in [-0.15, -0.1) is 0 Å². The van der Waals surface area contributed by atoms with E-state index in [1.165, 1.54) is 69.3 Å². The SMILES string of the molecule is [C-]#[N+]c1ccc(CCN2CCN(C(=O)Cc3ccc(-n4cncn4)nc3)CC2)cc1C.[C-]#[N+]c1ccc(CCN2CCN(C(=O)Cc3ccc4c(c3C)COC4=C)CC2)cc1F.[C-]#[N+]c1cccc2c1CCC2CN1CCN(C(=O)C2CCc3cc(-n4cncn4)ccc32)CC1.[C-]#[N+]c1cccc2c1CCC2CN1CCN(C(=O)Cc2ccc3c(c2C)COC3=C)CC1. The summed E-state index contributed by atoms with van der Waals surface area (Å²) in [5.41, 5.74) is 24.0. The van der Waals surface area contributed by atoms with E-state index in [1.54, 1.807) is 28.2 Å². The summed E-state index contributed by atoms with van der Waals surface area (Å²) in [6, 6.07) is 41.3. The number of aromatic nitrogens is 7. The van der Waals surface area contributed by atoms with Gasteiger partial charge >= 0.3 is 0 Å². The van der Waals surface area contributed by atoms with Gasteiger partial charge in [-0.05, 0) is 175 Å². The van der Waals surface area contributed by atoms with Gasteiger partial charge in [-0.25, -0.2) is 48.1 Å². The zero-order chi connectivity index (χ0) is 88.9. The number of pyridine rings is 1. The van der Waals surface area contributed by atoms with E-state index in [0.717, 1.165) is 253 Å². The van der Waals surface area contributed by atoms with Gasteiger partial charge in [0.25, 0.3) is 0 Å². The Morgan fingerprint density at radius 3 is 1.41 bits per heavy atom. The van der Waals surface area contributed by atoms with Crippen molar-refractivity contribution in [2.24, 2.45) is 0 Å². The van der Waals surface area contributed by atoms with Crippen LogP contribution in [0, 0.1) is 52.9 Å². The molecule has 0 bridgehead atoms. The van der Waals surface area contributed by atoms with Gasteiger partial charge < -0.3 is 29.1 Å². The summed E-state index contributed by atoms with van der Waals surface area (Å²) < 4.78 is 28.2. The van der Waals surface area contributed by atoms with Crippen LogP contribution in [0.25, 0.3) is 42.4 Å². The molecule has 4 amide bonds. The highest BCUT2D eigenvalue weighted by Crippen LogP contribution is 2.43. The predicted molar refractivity (Wildman–Crippen MR) is 490 cm³/mol. The predicted octanol–water partition coefficient (Wildman–Crippen LogP) is 14.8. The number of rotatable bonds is 19. The lowest BCUT2D eigenvalue weighted by molar-refractivity contribution is -0.135. The van der Waals surface area contributed by atoms with E-state index in [0.29, 0.717) is 69.0 Å². The van der Waals surface area contributed by atoms with Gasteiger partial charge in [0.15, 0.2) is 22.9 Å². The van der Waals surface area contributed by atoms with E-state index in [1.807, 2.05) is 100 Å². The maximum Gasteiger partial charge on any atom is 0.230 e. The van der Waals surface area contributed by atoms with Crippen molar-refractivity contribution in [1.82, 2.24) is 73.7 Å². The minimum atomic E-state index is -0.458. The molecule has 0 spiro atoms. The van der Waals surface area contributed by atoms with Crippen LogP contribution in [0.2, 0.25) is 0 Å². The van der Waals surface area contributed by atoms with E-state index in [-0.39, 0.29) is 35.2 Å². The molecular formula is C102H108FN19O6. The number of carbonyl (C=O) groups is 4. The monoisotopic (exact) mass is 1710 g/mol. The first-order valence-electron chi connectivity index (χ1n) is 44.6. The molecule has 0 N–H and O–H groups in total. The number of aryl methyl sites for hydroxylation is 2. The minimum Gasteiger partial charge on any atom is -0.489 e. The second-order valence-electron chi connectivity index (χ2n) is 34.7. The average molecular weight is 1720 g/mol. The lowest BCUT2D eigenvalue weighted by atomic mass is 9.96. The first-order chi connectivity index (χ1) is 62.3. The number of benzene rings is 7. The molecule has 9 heterocycles. The molecule has 10 aromatic rings. The summed E-state index contributed by atoms with van der Waals surface area (Å²) in [6.45, 7) is 60.9. The summed E-state index contributed by atoms with van der Waals surface area (Å²) in [6.07, 6.45) is 17.0. The van der Waals surface area contributed by atoms with Crippen molar-refractivity contribution in [3.63, 3.8) is 0 Å². The summed E-state index contributed by atoms with van der Waals surface area (Å²) in [5.74, 6) is 3.40. The maximum absolute atomic E-state index is 13.8. The number of fused-ring (bicyclic) bond motifs is 5. The standard InChI is InChI=1S/C27H28N6O.C27H29N3O2.C25H26FN3O2.C23H25N7O/c1-28-26-4-2-3-22-20(6-8-24(22)26)16-31-11-13-32(14-12-31)27(34)25-9-5-19-15-21(7-10-23(19)25)33-18-29-17-30-33;1-18-20(7-9-22-19(2)32-17-25(18)22)15-27(31)30-13-11-29(12-14-30)16-21-8-10-24-23(21)5-4-6-26(24)28-3;1-17-20(5-6-21-18(2)31-16-22(17)21)15-25(30)29-12-10-28(11-13-29)9-8-19-4-7-24(27-3)23(26)14-19;1-18-13-19(3-5-21(18)24-2)7-8-28-9-11-29(12-10-28)23(31)14-20-4-6-22(26-15-20)30-17-25-16-27-30/h2-4,7,10,15,17-18,20,25H,5-6,8-9,11-14,16H2;4-7,9,21H,2,8,10-17H2,1H3;4-7,14H,2,8-13,15-16H2,1H3;3-6,13,15-17H,7-12,14H2,1H3. The highest BCUT2D eigenvalue weighted by molar-refractivity contribution is 5.86. The maximum atomic E-state index is 13.8. The fraction of sp³-hybridized carbons (Fsp3) is 0.382. The molecular weight excluding hydrogens is 1610 g/mol. The van der Waals surface area contributed by atoms with Crippen molar-refractivity contribution >= 4 is 57.9 Å². The first-order valence-corrected chi connectivity index (χ1v) is 44.6. The Balaban J connectivity index is 0.000000125. The molecule has 654 valence electrons. The molecule has 3 unspecified atom stereocenters. The van der Waals surface area contributed by atoms with Crippen molar-refractivity contribution in [3.8, 4) is 11.5 Å². The molecule has 3 aliphatic carbocycles. The van der Waals surface area contributed by atoms with Crippen LogP contribution >= 0.6 is 0 Å². The topological polar surface area (TPSA) is 204 Å². The normalized spacial score (nSPS) is 18.1. The number of halogens is 1. The molecule has 3 aromatic heterocycles. The zero-order valence-electron chi connectivity index (χ0n) is 73.3. The average Bonchev–Trinajstić information content (AvgIpc) is 1.63. The fourth-order valence-electron chi connectivity index (χ4n) is 19.5. The molecule has 25 nitrogen and oxygen atoms in total. The minimum absolute atomic E-state index is 0.0277. The highest BCUT2D eigenvalue weighted by atomic mass is 19.1. The van der Waals surface area contributed by atoms with Crippen LogP contribution in [0.3, 0.4) is 0 Å². The second kappa shape index (κ2) is 40.5. The van der Waals surface area contributed by atoms with Gasteiger partial charge in [0, 0.05) is 159 Å². The molecule has 6 aliphatic heterocycles. The summed E-state index contributed by atoms with van der Waals surface area (Å²) >= 11 is 0. The Labute approximate surface area is 749 Å². The van der Waals surface area contributed by atoms with Gasteiger partial charge in [0.1, 0.15) is 55.9 Å². The van der Waals surface area contributed by atoms with Gasteiger partial charge in [-0.3, -0.25) is 38.8 Å². The number of piperazine rings is 4. The molecule has 0 radical (unpaired) electrons. The largest absolute Gasteiger partial charge is 0.489 e. The lowest BCUT2D eigenvalue weighted by Crippen LogP contribution is -2.50. The first kappa shape index (κ1) is 88.1. The van der Waals surface area contributed by atoms with Crippen LogP contribution in [-0.2, 0) is 93.2 Å². The summed E-state index contributed by atoms with van der Waals surface area (Å²) in [4.78, 5) is 96.0. The Kier molecular flexibility index (Phi) is 27.9. The third kappa shape index (κ3) is 20.4. The Morgan fingerprint density at radius 2 is 0.938 bits per heavy atom. The number of ether oxygens (including phenoxy) is 2. The van der Waals surface area contributed by atoms with Gasteiger partial charge in [-0.2, -0.15) is 10.2 Å². The summed E-state index contributed by atoms with van der Waals surface area (Å²) in [5, 5.41) is 8.27. The van der Waals surface area contributed by atoms with Crippen molar-refractivity contribution in [3.05, 3.63) is 324 Å². The highest BCUT2D eigenvalue weighted by Gasteiger charge is 2.37. The molecule has 19 rings (SSSR count). The number of amides is 4. The number of carbonyl (C=O) groups excluding carboxylic acids is 4. The molecule has 4 saturated heterocycles. The lowest BCUT2D eigenvalue weighted by Gasteiger charge is -2.37.